The van der Waals surface area contributed by atoms with Crippen molar-refractivity contribution in [2.24, 2.45) is 0 Å². The van der Waals surface area contributed by atoms with Gasteiger partial charge in [-0.15, -0.1) is 0 Å². The number of ether oxygens (including phenoxy) is 1. The lowest BCUT2D eigenvalue weighted by molar-refractivity contribution is -0.127. The van der Waals surface area contributed by atoms with Crippen LogP contribution in [0.3, 0.4) is 0 Å². The molecule has 1 saturated heterocycles. The summed E-state index contributed by atoms with van der Waals surface area (Å²) in [5.74, 6) is 0.863. The monoisotopic (exact) mass is 288 g/mol. The molecule has 4 heteroatoms. The Morgan fingerprint density at radius 3 is 2.81 bits per heavy atom. The van der Waals surface area contributed by atoms with Gasteiger partial charge in [-0.05, 0) is 45.0 Å². The number of amides is 1. The van der Waals surface area contributed by atoms with Crippen LogP contribution < -0.4 is 10.1 Å². The van der Waals surface area contributed by atoms with E-state index in [2.05, 4.69) is 5.32 Å². The Labute approximate surface area is 126 Å². The Kier molecular flexibility index (Phi) is 5.81. The third kappa shape index (κ3) is 4.33. The molecule has 2 rings (SSSR count). The van der Waals surface area contributed by atoms with Crippen molar-refractivity contribution in [3.63, 3.8) is 0 Å². The molecule has 0 aliphatic carbocycles. The average Bonchev–Trinajstić information content (AvgIpc) is 2.54. The molecule has 0 radical (unpaired) electrons. The number of carbonyl (C=O) groups is 1. The minimum Gasteiger partial charge on any atom is -0.493 e. The van der Waals surface area contributed by atoms with Crippen LogP contribution in [0.1, 0.15) is 25.3 Å². The maximum Gasteiger partial charge on any atom is 0.246 e. The molecule has 0 spiro atoms. The first kappa shape index (κ1) is 15.6. The third-order valence-corrected chi connectivity index (χ3v) is 3.83. The fourth-order valence-electron chi connectivity index (χ4n) is 2.56. The quantitative estimate of drug-likeness (QED) is 0.845. The molecule has 0 aromatic heterocycles. The maximum atomic E-state index is 12.3. The molecule has 4 nitrogen and oxygen atoms in total. The standard InChI is InChI=1S/C17H24N2O2/c1-3-21-16-7-5-4-6-14(16)8-9-17(20)19(2)15-10-12-18-13-11-15/h4-9,15,18H,3,10-13H2,1-2H3/b9-8+. The molecule has 1 heterocycles. The molecule has 1 aromatic carbocycles. The van der Waals surface area contributed by atoms with Crippen LogP contribution in [-0.4, -0.2) is 43.6 Å². The minimum absolute atomic E-state index is 0.0493. The molecule has 1 amide bonds. The lowest BCUT2D eigenvalue weighted by Gasteiger charge is -2.30. The zero-order valence-electron chi connectivity index (χ0n) is 12.8. The second-order valence-corrected chi connectivity index (χ2v) is 5.23. The average molecular weight is 288 g/mol. The van der Waals surface area contributed by atoms with Crippen LogP contribution >= 0.6 is 0 Å². The van der Waals surface area contributed by atoms with Crippen LogP contribution in [0, 0.1) is 0 Å². The predicted octanol–water partition coefficient (Wildman–Crippen LogP) is 2.31. The van der Waals surface area contributed by atoms with Gasteiger partial charge in [0.25, 0.3) is 0 Å². The van der Waals surface area contributed by atoms with E-state index in [0.717, 1.165) is 37.2 Å². The van der Waals surface area contributed by atoms with Gasteiger partial charge in [0.2, 0.25) is 5.91 Å². The third-order valence-electron chi connectivity index (χ3n) is 3.83. The van der Waals surface area contributed by atoms with Crippen molar-refractivity contribution in [3.8, 4) is 5.75 Å². The number of para-hydroxylation sites is 1. The van der Waals surface area contributed by atoms with Gasteiger partial charge in [0.05, 0.1) is 6.61 Å². The van der Waals surface area contributed by atoms with Crippen LogP contribution in [0.25, 0.3) is 6.08 Å². The molecule has 1 N–H and O–H groups in total. The number of rotatable bonds is 5. The highest BCUT2D eigenvalue weighted by molar-refractivity contribution is 5.92. The fraction of sp³-hybridized carbons (Fsp3) is 0.471. The highest BCUT2D eigenvalue weighted by Crippen LogP contribution is 2.19. The van der Waals surface area contributed by atoms with Crippen LogP contribution in [0.15, 0.2) is 30.3 Å². The van der Waals surface area contributed by atoms with Crippen molar-refractivity contribution < 1.29 is 9.53 Å². The molecule has 0 unspecified atom stereocenters. The van der Waals surface area contributed by atoms with Crippen molar-refractivity contribution in [1.29, 1.82) is 0 Å². The largest absolute Gasteiger partial charge is 0.493 e. The number of carbonyl (C=O) groups excluding carboxylic acids is 1. The van der Waals surface area contributed by atoms with Gasteiger partial charge in [-0.25, -0.2) is 0 Å². The van der Waals surface area contributed by atoms with E-state index in [9.17, 15) is 4.79 Å². The molecule has 1 aliphatic rings. The first-order valence-electron chi connectivity index (χ1n) is 7.59. The van der Waals surface area contributed by atoms with E-state index in [1.165, 1.54) is 0 Å². The number of hydrogen-bond donors (Lipinski definition) is 1. The number of nitrogens with one attached hydrogen (secondary N) is 1. The van der Waals surface area contributed by atoms with E-state index in [0.29, 0.717) is 12.6 Å². The lowest BCUT2D eigenvalue weighted by atomic mass is 10.1. The zero-order chi connectivity index (χ0) is 15.1. The molecular weight excluding hydrogens is 264 g/mol. The van der Waals surface area contributed by atoms with Crippen LogP contribution in [0.5, 0.6) is 5.75 Å². The summed E-state index contributed by atoms with van der Waals surface area (Å²) in [6, 6.07) is 8.10. The summed E-state index contributed by atoms with van der Waals surface area (Å²) in [6.07, 6.45) is 5.52. The topological polar surface area (TPSA) is 41.6 Å². The van der Waals surface area contributed by atoms with Gasteiger partial charge in [0, 0.05) is 24.7 Å². The Hall–Kier alpha value is -1.81. The van der Waals surface area contributed by atoms with Crippen LogP contribution in [0.2, 0.25) is 0 Å². The summed E-state index contributed by atoms with van der Waals surface area (Å²) >= 11 is 0. The number of benzene rings is 1. The Morgan fingerprint density at radius 2 is 2.10 bits per heavy atom. The molecule has 1 aliphatic heterocycles. The normalized spacial score (nSPS) is 16.1. The molecule has 21 heavy (non-hydrogen) atoms. The molecular formula is C17H24N2O2. The molecule has 1 aromatic rings. The van der Waals surface area contributed by atoms with Gasteiger partial charge in [-0.1, -0.05) is 18.2 Å². The maximum absolute atomic E-state index is 12.3. The number of nitrogens with zero attached hydrogens (tertiary/aromatic N) is 1. The van der Waals surface area contributed by atoms with Crippen molar-refractivity contribution >= 4 is 12.0 Å². The van der Waals surface area contributed by atoms with Crippen molar-refractivity contribution in [1.82, 2.24) is 10.2 Å². The van der Waals surface area contributed by atoms with Crippen LogP contribution in [0.4, 0.5) is 0 Å². The first-order valence-corrected chi connectivity index (χ1v) is 7.59. The van der Waals surface area contributed by atoms with Crippen molar-refractivity contribution in [3.05, 3.63) is 35.9 Å². The predicted molar refractivity (Wildman–Crippen MR) is 85.3 cm³/mol. The lowest BCUT2D eigenvalue weighted by Crippen LogP contribution is -2.43. The molecule has 1 fully saturated rings. The molecule has 0 atom stereocenters. The summed E-state index contributed by atoms with van der Waals surface area (Å²) in [4.78, 5) is 14.1. The number of hydrogen-bond acceptors (Lipinski definition) is 3. The Balaban J connectivity index is 2.01. The minimum atomic E-state index is 0.0493. The van der Waals surface area contributed by atoms with E-state index in [1.807, 2.05) is 49.2 Å². The molecule has 0 saturated carbocycles. The van der Waals surface area contributed by atoms with Gasteiger partial charge < -0.3 is 15.0 Å². The summed E-state index contributed by atoms with van der Waals surface area (Å²) in [5, 5.41) is 3.32. The van der Waals surface area contributed by atoms with Crippen LogP contribution in [-0.2, 0) is 4.79 Å². The van der Waals surface area contributed by atoms with E-state index in [-0.39, 0.29) is 5.91 Å². The van der Waals surface area contributed by atoms with Crippen molar-refractivity contribution in [2.45, 2.75) is 25.8 Å². The Morgan fingerprint density at radius 1 is 1.38 bits per heavy atom. The second kappa shape index (κ2) is 7.84. The highest BCUT2D eigenvalue weighted by atomic mass is 16.5. The van der Waals surface area contributed by atoms with Gasteiger partial charge in [-0.2, -0.15) is 0 Å². The smallest absolute Gasteiger partial charge is 0.246 e. The van der Waals surface area contributed by atoms with E-state index < -0.39 is 0 Å². The zero-order valence-corrected chi connectivity index (χ0v) is 12.8. The highest BCUT2D eigenvalue weighted by Gasteiger charge is 2.20. The van der Waals surface area contributed by atoms with Crippen molar-refractivity contribution in [2.75, 3.05) is 26.7 Å². The van der Waals surface area contributed by atoms with Gasteiger partial charge in [0.1, 0.15) is 5.75 Å². The first-order chi connectivity index (χ1) is 10.2. The number of piperidine rings is 1. The SMILES string of the molecule is CCOc1ccccc1/C=C/C(=O)N(C)C1CCNCC1. The van der Waals surface area contributed by atoms with Gasteiger partial charge in [0.15, 0.2) is 0 Å². The fourth-order valence-corrected chi connectivity index (χ4v) is 2.56. The van der Waals surface area contributed by atoms with Gasteiger partial charge >= 0.3 is 0 Å². The van der Waals surface area contributed by atoms with E-state index >= 15 is 0 Å². The van der Waals surface area contributed by atoms with Gasteiger partial charge in [-0.3, -0.25) is 4.79 Å². The van der Waals surface area contributed by atoms with E-state index in [1.54, 1.807) is 6.08 Å². The van der Waals surface area contributed by atoms with E-state index in [4.69, 9.17) is 4.74 Å². The summed E-state index contributed by atoms with van der Waals surface area (Å²) in [5.41, 5.74) is 0.936. The Bertz CT molecular complexity index is 493. The molecule has 114 valence electrons. The molecule has 0 bridgehead atoms. The second-order valence-electron chi connectivity index (χ2n) is 5.23. The summed E-state index contributed by atoms with van der Waals surface area (Å²) < 4.78 is 5.56. The number of likely N-dealkylation sites (N-methyl/N-ethyl adjacent to an activating group) is 1. The summed E-state index contributed by atoms with van der Waals surface area (Å²) in [6.45, 7) is 4.54. The summed E-state index contributed by atoms with van der Waals surface area (Å²) in [7, 11) is 1.89.